The molecule has 1 aromatic carbocycles. The first-order valence-electron chi connectivity index (χ1n) is 6.63. The van der Waals surface area contributed by atoms with Gasteiger partial charge in [-0.05, 0) is 37.1 Å². The molecule has 1 unspecified atom stereocenters. The number of rotatable bonds is 2. The molecule has 108 valence electrons. The largest absolute Gasteiger partial charge is 0.352 e. The monoisotopic (exact) mass is 295 g/mol. The lowest BCUT2D eigenvalue weighted by atomic mass is 10.1. The molecule has 1 aromatic rings. The summed E-state index contributed by atoms with van der Waals surface area (Å²) >= 11 is 5.80. The molecule has 3 amide bonds. The minimum atomic E-state index is -0.151. The van der Waals surface area contributed by atoms with Crippen molar-refractivity contribution >= 4 is 29.2 Å². The summed E-state index contributed by atoms with van der Waals surface area (Å²) in [6, 6.07) is 6.87. The van der Waals surface area contributed by atoms with Crippen LogP contribution < -0.4 is 10.6 Å². The Morgan fingerprint density at radius 3 is 2.65 bits per heavy atom. The lowest BCUT2D eigenvalue weighted by Crippen LogP contribution is -2.50. The first-order chi connectivity index (χ1) is 9.54. The maximum absolute atomic E-state index is 12.2. The number of halogens is 1. The van der Waals surface area contributed by atoms with Gasteiger partial charge < -0.3 is 15.5 Å². The van der Waals surface area contributed by atoms with Crippen LogP contribution in [-0.4, -0.2) is 36.0 Å². The zero-order valence-electron chi connectivity index (χ0n) is 11.4. The Balaban J connectivity index is 1.91. The second kappa shape index (κ2) is 6.61. The summed E-state index contributed by atoms with van der Waals surface area (Å²) in [5.74, 6) is -0.0602. The number of benzene rings is 1. The summed E-state index contributed by atoms with van der Waals surface area (Å²) in [5, 5.41) is 6.32. The lowest BCUT2D eigenvalue weighted by Gasteiger charge is -2.33. The highest BCUT2D eigenvalue weighted by Crippen LogP contribution is 2.16. The maximum atomic E-state index is 12.2. The zero-order valence-corrected chi connectivity index (χ0v) is 12.1. The van der Waals surface area contributed by atoms with Crippen molar-refractivity contribution < 1.29 is 9.59 Å². The molecule has 0 spiro atoms. The number of carbonyl (C=O) groups excluding carboxylic acids is 2. The number of hydrogen-bond acceptors (Lipinski definition) is 2. The first-order valence-corrected chi connectivity index (χ1v) is 7.01. The van der Waals surface area contributed by atoms with Gasteiger partial charge in [-0.3, -0.25) is 4.79 Å². The Kier molecular flexibility index (Phi) is 4.84. The molecule has 0 aromatic heterocycles. The zero-order chi connectivity index (χ0) is 14.5. The molecule has 1 aliphatic heterocycles. The SMILES string of the molecule is CC(=O)NC1CCCN(C(=O)Nc2ccc(Cl)cc2)C1. The van der Waals surface area contributed by atoms with E-state index in [1.807, 2.05) is 0 Å². The fourth-order valence-corrected chi connectivity index (χ4v) is 2.43. The van der Waals surface area contributed by atoms with Crippen molar-refractivity contribution in [3.8, 4) is 0 Å². The lowest BCUT2D eigenvalue weighted by molar-refractivity contribution is -0.119. The van der Waals surface area contributed by atoms with Gasteiger partial charge in [-0.1, -0.05) is 11.6 Å². The highest BCUT2D eigenvalue weighted by molar-refractivity contribution is 6.30. The smallest absolute Gasteiger partial charge is 0.321 e. The summed E-state index contributed by atoms with van der Waals surface area (Å²) in [4.78, 5) is 24.9. The van der Waals surface area contributed by atoms with Crippen LogP contribution >= 0.6 is 11.6 Å². The fraction of sp³-hybridized carbons (Fsp3) is 0.429. The minimum absolute atomic E-state index is 0.0391. The number of nitrogens with zero attached hydrogens (tertiary/aromatic N) is 1. The van der Waals surface area contributed by atoms with E-state index >= 15 is 0 Å². The fourth-order valence-electron chi connectivity index (χ4n) is 2.30. The minimum Gasteiger partial charge on any atom is -0.352 e. The molecular formula is C14H18ClN3O2. The van der Waals surface area contributed by atoms with Crippen LogP contribution in [0.1, 0.15) is 19.8 Å². The van der Waals surface area contributed by atoms with Crippen LogP contribution in [0.25, 0.3) is 0 Å². The van der Waals surface area contributed by atoms with E-state index in [9.17, 15) is 9.59 Å². The Hall–Kier alpha value is -1.75. The summed E-state index contributed by atoms with van der Waals surface area (Å²) in [6.07, 6.45) is 1.79. The number of nitrogens with one attached hydrogen (secondary N) is 2. The van der Waals surface area contributed by atoms with E-state index in [-0.39, 0.29) is 18.0 Å². The average molecular weight is 296 g/mol. The topological polar surface area (TPSA) is 61.4 Å². The van der Waals surface area contributed by atoms with Crippen molar-refractivity contribution in [2.75, 3.05) is 18.4 Å². The van der Waals surface area contributed by atoms with Gasteiger partial charge in [0.15, 0.2) is 0 Å². The molecule has 2 rings (SSSR count). The molecule has 20 heavy (non-hydrogen) atoms. The van der Waals surface area contributed by atoms with E-state index in [1.54, 1.807) is 29.2 Å². The van der Waals surface area contributed by atoms with Gasteiger partial charge in [0, 0.05) is 36.8 Å². The second-order valence-electron chi connectivity index (χ2n) is 4.92. The van der Waals surface area contributed by atoms with Crippen molar-refractivity contribution in [3.63, 3.8) is 0 Å². The molecule has 1 fully saturated rings. The summed E-state index contributed by atoms with van der Waals surface area (Å²) < 4.78 is 0. The number of piperidine rings is 1. The molecule has 0 bridgehead atoms. The van der Waals surface area contributed by atoms with Crippen LogP contribution in [-0.2, 0) is 4.79 Å². The van der Waals surface area contributed by atoms with Crippen LogP contribution in [0.2, 0.25) is 5.02 Å². The third-order valence-corrected chi connectivity index (χ3v) is 3.46. The maximum Gasteiger partial charge on any atom is 0.321 e. The predicted octanol–water partition coefficient (Wildman–Crippen LogP) is 2.47. The number of likely N-dealkylation sites (tertiary alicyclic amines) is 1. The van der Waals surface area contributed by atoms with Gasteiger partial charge in [-0.25, -0.2) is 4.79 Å². The van der Waals surface area contributed by atoms with E-state index in [4.69, 9.17) is 11.6 Å². The molecule has 1 atom stereocenters. The standard InChI is InChI=1S/C14H18ClN3O2/c1-10(19)16-13-3-2-8-18(9-13)14(20)17-12-6-4-11(15)5-7-12/h4-7,13H,2-3,8-9H2,1H3,(H,16,19)(H,17,20). The Morgan fingerprint density at radius 2 is 2.00 bits per heavy atom. The molecular weight excluding hydrogens is 278 g/mol. The molecule has 2 N–H and O–H groups in total. The third-order valence-electron chi connectivity index (χ3n) is 3.21. The van der Waals surface area contributed by atoms with Crippen LogP contribution in [0.3, 0.4) is 0 Å². The quantitative estimate of drug-likeness (QED) is 0.880. The average Bonchev–Trinajstić information content (AvgIpc) is 2.41. The van der Waals surface area contributed by atoms with Gasteiger partial charge in [-0.15, -0.1) is 0 Å². The highest BCUT2D eigenvalue weighted by Gasteiger charge is 2.24. The van der Waals surface area contributed by atoms with E-state index < -0.39 is 0 Å². The van der Waals surface area contributed by atoms with E-state index in [2.05, 4.69) is 10.6 Å². The Morgan fingerprint density at radius 1 is 1.30 bits per heavy atom. The van der Waals surface area contributed by atoms with Gasteiger partial charge in [0.05, 0.1) is 0 Å². The third kappa shape index (κ3) is 4.13. The molecule has 5 nitrogen and oxygen atoms in total. The van der Waals surface area contributed by atoms with Gasteiger partial charge >= 0.3 is 6.03 Å². The molecule has 1 saturated heterocycles. The van der Waals surface area contributed by atoms with E-state index in [1.165, 1.54) is 6.92 Å². The van der Waals surface area contributed by atoms with Crippen molar-refractivity contribution in [2.45, 2.75) is 25.8 Å². The Labute approximate surface area is 123 Å². The molecule has 0 saturated carbocycles. The highest BCUT2D eigenvalue weighted by atomic mass is 35.5. The second-order valence-corrected chi connectivity index (χ2v) is 5.36. The van der Waals surface area contributed by atoms with Gasteiger partial charge in [0.25, 0.3) is 0 Å². The molecule has 0 aliphatic carbocycles. The molecule has 6 heteroatoms. The van der Waals surface area contributed by atoms with Crippen molar-refractivity contribution in [2.24, 2.45) is 0 Å². The Bertz CT molecular complexity index is 490. The number of urea groups is 1. The van der Waals surface area contributed by atoms with Crippen molar-refractivity contribution in [1.82, 2.24) is 10.2 Å². The normalized spacial score (nSPS) is 18.5. The van der Waals surface area contributed by atoms with Gasteiger partial charge in [0.2, 0.25) is 5.91 Å². The van der Waals surface area contributed by atoms with Crippen molar-refractivity contribution in [1.29, 1.82) is 0 Å². The molecule has 1 heterocycles. The summed E-state index contributed by atoms with van der Waals surface area (Å²) in [5.41, 5.74) is 0.709. The number of amides is 3. The number of hydrogen-bond donors (Lipinski definition) is 2. The van der Waals surface area contributed by atoms with Crippen LogP contribution in [0.5, 0.6) is 0 Å². The number of carbonyl (C=O) groups is 2. The van der Waals surface area contributed by atoms with Crippen LogP contribution in [0, 0.1) is 0 Å². The van der Waals surface area contributed by atoms with Crippen LogP contribution in [0.15, 0.2) is 24.3 Å². The summed E-state index contributed by atoms with van der Waals surface area (Å²) in [6.45, 7) is 2.74. The van der Waals surface area contributed by atoms with Gasteiger partial charge in [-0.2, -0.15) is 0 Å². The van der Waals surface area contributed by atoms with E-state index in [0.29, 0.717) is 23.8 Å². The van der Waals surface area contributed by atoms with E-state index in [0.717, 1.165) is 12.8 Å². The predicted molar refractivity (Wildman–Crippen MR) is 78.9 cm³/mol. The molecule has 0 radical (unpaired) electrons. The first kappa shape index (κ1) is 14.7. The number of anilines is 1. The molecule has 1 aliphatic rings. The van der Waals surface area contributed by atoms with Crippen molar-refractivity contribution in [3.05, 3.63) is 29.3 Å². The van der Waals surface area contributed by atoms with Crippen LogP contribution in [0.4, 0.5) is 10.5 Å². The summed E-state index contributed by atoms with van der Waals surface area (Å²) in [7, 11) is 0. The van der Waals surface area contributed by atoms with Gasteiger partial charge in [0.1, 0.15) is 0 Å².